The Labute approximate surface area is 163 Å². The van der Waals surface area contributed by atoms with Gasteiger partial charge in [0.2, 0.25) is 5.91 Å². The van der Waals surface area contributed by atoms with E-state index in [1.165, 1.54) is 41.0 Å². The number of benzene rings is 1. The summed E-state index contributed by atoms with van der Waals surface area (Å²) in [7, 11) is -3.34. The summed E-state index contributed by atoms with van der Waals surface area (Å²) in [5, 5.41) is 2.45. The fourth-order valence-corrected chi connectivity index (χ4v) is 4.86. The topological polar surface area (TPSA) is 90.1 Å². The number of nitrogens with zero attached hydrogens (tertiary/aromatic N) is 1. The zero-order chi connectivity index (χ0) is 18.9. The highest BCUT2D eigenvalue weighted by Gasteiger charge is 2.22. The lowest BCUT2D eigenvalue weighted by molar-refractivity contribution is -0.112. The Bertz CT molecular complexity index is 1080. The Morgan fingerprint density at radius 2 is 1.88 bits per heavy atom. The molecule has 2 aromatic heterocycles. The van der Waals surface area contributed by atoms with Crippen molar-refractivity contribution < 1.29 is 13.2 Å². The summed E-state index contributed by atoms with van der Waals surface area (Å²) in [6, 6.07) is 9.77. The monoisotopic (exact) mass is 424 g/mol. The molecule has 9 heteroatoms. The first-order valence-corrected chi connectivity index (χ1v) is 11.2. The molecule has 1 amide bonds. The van der Waals surface area contributed by atoms with Crippen LogP contribution in [0.4, 0.5) is 0 Å². The van der Waals surface area contributed by atoms with Gasteiger partial charge in [-0.15, -0.1) is 22.7 Å². The molecule has 5 nitrogen and oxygen atoms in total. The minimum absolute atomic E-state index is 0.167. The van der Waals surface area contributed by atoms with Gasteiger partial charge in [-0.1, -0.05) is 29.8 Å². The summed E-state index contributed by atoms with van der Waals surface area (Å²) in [5.74, 6) is -0.633. The SMILES string of the molecule is CS(=O)(=O)c1ccc(C(C(N)=O)=C(c2cccs2)c2ncc(Cl)s2)cc1. The lowest BCUT2D eigenvalue weighted by Crippen LogP contribution is -2.15. The Kier molecular flexibility index (Phi) is 5.29. The van der Waals surface area contributed by atoms with E-state index in [0.717, 1.165) is 11.1 Å². The molecule has 26 heavy (non-hydrogen) atoms. The van der Waals surface area contributed by atoms with Gasteiger partial charge in [-0.2, -0.15) is 0 Å². The number of thiazole rings is 1. The Balaban J connectivity index is 2.27. The van der Waals surface area contributed by atoms with Gasteiger partial charge < -0.3 is 5.73 Å². The highest BCUT2D eigenvalue weighted by Crippen LogP contribution is 2.37. The molecule has 1 aromatic carbocycles. The molecule has 0 fully saturated rings. The van der Waals surface area contributed by atoms with Crippen LogP contribution in [0.2, 0.25) is 4.34 Å². The third kappa shape index (κ3) is 3.88. The first-order valence-electron chi connectivity index (χ1n) is 7.27. The number of halogens is 1. The highest BCUT2D eigenvalue weighted by atomic mass is 35.5. The summed E-state index contributed by atoms with van der Waals surface area (Å²) in [6.07, 6.45) is 2.64. The van der Waals surface area contributed by atoms with Crippen LogP contribution in [-0.4, -0.2) is 25.6 Å². The molecule has 134 valence electrons. The second kappa shape index (κ2) is 7.32. The van der Waals surface area contributed by atoms with Gasteiger partial charge in [-0.25, -0.2) is 13.4 Å². The van der Waals surface area contributed by atoms with Crippen LogP contribution in [0, 0.1) is 0 Å². The van der Waals surface area contributed by atoms with Crippen LogP contribution in [0.1, 0.15) is 15.4 Å². The summed E-state index contributed by atoms with van der Waals surface area (Å²) in [5.41, 5.74) is 7.03. The Hall–Kier alpha value is -2.00. The van der Waals surface area contributed by atoms with Crippen LogP contribution in [0.5, 0.6) is 0 Å². The van der Waals surface area contributed by atoms with Crippen molar-refractivity contribution in [2.75, 3.05) is 6.26 Å². The number of sulfone groups is 1. The summed E-state index contributed by atoms with van der Waals surface area (Å²) >= 11 is 8.71. The Morgan fingerprint density at radius 3 is 2.35 bits per heavy atom. The minimum atomic E-state index is -3.34. The van der Waals surface area contributed by atoms with Crippen molar-refractivity contribution in [3.63, 3.8) is 0 Å². The Morgan fingerprint density at radius 1 is 1.19 bits per heavy atom. The molecule has 0 radical (unpaired) electrons. The molecule has 3 aromatic rings. The second-order valence-corrected chi connectivity index (χ2v) is 9.98. The van der Waals surface area contributed by atoms with Gasteiger partial charge in [0.25, 0.3) is 0 Å². The van der Waals surface area contributed by atoms with E-state index < -0.39 is 15.7 Å². The largest absolute Gasteiger partial charge is 0.366 e. The molecule has 0 spiro atoms. The summed E-state index contributed by atoms with van der Waals surface area (Å²) in [6.45, 7) is 0. The van der Waals surface area contributed by atoms with Gasteiger partial charge in [-0.05, 0) is 29.1 Å². The normalized spacial score (nSPS) is 12.7. The molecule has 0 atom stereocenters. The molecule has 2 N–H and O–H groups in total. The van der Waals surface area contributed by atoms with Crippen molar-refractivity contribution in [2.24, 2.45) is 5.73 Å². The lowest BCUT2D eigenvalue weighted by atomic mass is 9.98. The smallest absolute Gasteiger partial charge is 0.250 e. The van der Waals surface area contributed by atoms with Gasteiger partial charge in [0.15, 0.2) is 9.84 Å². The number of carbonyl (C=O) groups is 1. The van der Waals surface area contributed by atoms with E-state index in [1.807, 2.05) is 17.5 Å². The maximum absolute atomic E-state index is 12.3. The molecule has 0 saturated carbocycles. The van der Waals surface area contributed by atoms with Crippen molar-refractivity contribution in [1.82, 2.24) is 4.98 Å². The van der Waals surface area contributed by atoms with Gasteiger partial charge >= 0.3 is 0 Å². The van der Waals surface area contributed by atoms with E-state index in [2.05, 4.69) is 4.98 Å². The maximum Gasteiger partial charge on any atom is 0.250 e. The predicted molar refractivity (Wildman–Crippen MR) is 106 cm³/mol. The number of hydrogen-bond donors (Lipinski definition) is 1. The zero-order valence-corrected chi connectivity index (χ0v) is 16.7. The fourth-order valence-electron chi connectivity index (χ4n) is 2.40. The number of amides is 1. The van der Waals surface area contributed by atoms with Crippen molar-refractivity contribution in [2.45, 2.75) is 4.90 Å². The van der Waals surface area contributed by atoms with E-state index >= 15 is 0 Å². The van der Waals surface area contributed by atoms with Crippen LogP contribution >= 0.6 is 34.3 Å². The van der Waals surface area contributed by atoms with Crippen molar-refractivity contribution in [3.05, 3.63) is 67.8 Å². The first kappa shape index (κ1) is 18.8. The standard InChI is InChI=1S/C17H13ClN2O3S3/c1-26(22,23)11-6-4-10(5-7-11)14(16(19)21)15(12-3-2-8-24-12)17-20-9-13(18)25-17/h2-9H,1H3,(H2,19,21). The number of hydrogen-bond acceptors (Lipinski definition) is 6. The predicted octanol–water partition coefficient (Wildman–Crippen LogP) is 3.71. The number of aromatic nitrogens is 1. The molecule has 0 aliphatic heterocycles. The minimum Gasteiger partial charge on any atom is -0.366 e. The first-order chi connectivity index (χ1) is 12.3. The number of nitrogens with two attached hydrogens (primary N) is 1. The van der Waals surface area contributed by atoms with Crippen molar-refractivity contribution >= 4 is 61.2 Å². The van der Waals surface area contributed by atoms with Gasteiger partial charge in [0.1, 0.15) is 9.34 Å². The molecule has 0 aliphatic carbocycles. The van der Waals surface area contributed by atoms with E-state index in [0.29, 0.717) is 20.5 Å². The lowest BCUT2D eigenvalue weighted by Gasteiger charge is -2.11. The molecule has 2 heterocycles. The van der Waals surface area contributed by atoms with Crippen LogP contribution in [0.25, 0.3) is 11.1 Å². The van der Waals surface area contributed by atoms with Crippen LogP contribution < -0.4 is 5.73 Å². The number of primary amides is 1. The summed E-state index contributed by atoms with van der Waals surface area (Å²) in [4.78, 5) is 17.6. The summed E-state index contributed by atoms with van der Waals surface area (Å²) < 4.78 is 23.8. The van der Waals surface area contributed by atoms with Crippen LogP contribution in [0.3, 0.4) is 0 Å². The van der Waals surface area contributed by atoms with E-state index in [9.17, 15) is 13.2 Å². The quantitative estimate of drug-likeness (QED) is 0.632. The highest BCUT2D eigenvalue weighted by molar-refractivity contribution is 7.90. The average Bonchev–Trinajstić information content (AvgIpc) is 3.23. The average molecular weight is 425 g/mol. The zero-order valence-electron chi connectivity index (χ0n) is 13.5. The van der Waals surface area contributed by atoms with Gasteiger partial charge in [0.05, 0.1) is 16.7 Å². The third-order valence-electron chi connectivity index (χ3n) is 3.53. The molecule has 0 aliphatic rings. The van der Waals surface area contributed by atoms with E-state index in [-0.39, 0.29) is 10.5 Å². The van der Waals surface area contributed by atoms with Gasteiger partial charge in [0, 0.05) is 16.7 Å². The fraction of sp³-hybridized carbons (Fsp3) is 0.0588. The van der Waals surface area contributed by atoms with E-state index in [1.54, 1.807) is 12.1 Å². The third-order valence-corrected chi connectivity index (χ3v) is 6.67. The van der Waals surface area contributed by atoms with Crippen LogP contribution in [0.15, 0.2) is 52.9 Å². The van der Waals surface area contributed by atoms with Crippen molar-refractivity contribution in [3.8, 4) is 0 Å². The maximum atomic E-state index is 12.3. The molecular formula is C17H13ClN2O3S3. The van der Waals surface area contributed by atoms with Crippen molar-refractivity contribution in [1.29, 1.82) is 0 Å². The molecule has 3 rings (SSSR count). The molecule has 0 saturated heterocycles. The molecule has 0 unspecified atom stereocenters. The molecule has 0 bridgehead atoms. The number of rotatable bonds is 5. The molecular weight excluding hydrogens is 412 g/mol. The van der Waals surface area contributed by atoms with E-state index in [4.69, 9.17) is 17.3 Å². The van der Waals surface area contributed by atoms with Crippen LogP contribution in [-0.2, 0) is 14.6 Å². The van der Waals surface area contributed by atoms with Gasteiger partial charge in [-0.3, -0.25) is 4.79 Å². The second-order valence-electron chi connectivity index (χ2n) is 5.36. The number of carbonyl (C=O) groups excluding carboxylic acids is 1. The number of thiophene rings is 1.